The molecule has 0 aromatic heterocycles. The molecule has 0 spiro atoms. The standard InChI is InChI=1S/C12H14O3S/c1-3-14-11(13)9-6-5-7-10(8-9)12(16)15-4-2/h5-8H,3-4H2,1-2H3. The summed E-state index contributed by atoms with van der Waals surface area (Å²) in [5.41, 5.74) is 1.21. The normalized spacial score (nSPS) is 9.62. The Balaban J connectivity index is 2.86. The number of ether oxygens (including phenoxy) is 2. The van der Waals surface area contributed by atoms with E-state index in [4.69, 9.17) is 21.7 Å². The Bertz CT molecular complexity index is 354. The third-order valence-electron chi connectivity index (χ3n) is 1.88. The molecule has 4 heteroatoms. The molecule has 1 rings (SSSR count). The fraction of sp³-hybridized carbons (Fsp3) is 0.333. The van der Waals surface area contributed by atoms with Crippen molar-refractivity contribution in [2.24, 2.45) is 0 Å². The van der Waals surface area contributed by atoms with Gasteiger partial charge in [-0.3, -0.25) is 0 Å². The molecule has 0 amide bonds. The minimum absolute atomic E-state index is 0.344. The van der Waals surface area contributed by atoms with Crippen LogP contribution in [-0.4, -0.2) is 24.2 Å². The van der Waals surface area contributed by atoms with Crippen LogP contribution in [0, 0.1) is 0 Å². The van der Waals surface area contributed by atoms with Crippen LogP contribution < -0.4 is 0 Å². The maximum Gasteiger partial charge on any atom is 0.338 e. The number of rotatable bonds is 4. The molecule has 0 aliphatic rings. The van der Waals surface area contributed by atoms with E-state index in [1.165, 1.54) is 0 Å². The Morgan fingerprint density at radius 1 is 1.19 bits per heavy atom. The number of thiocarbonyl (C=S) groups is 1. The molecular formula is C12H14O3S. The Labute approximate surface area is 100 Å². The SMILES string of the molecule is CCOC(=O)c1cccc(C(=S)OCC)c1. The zero-order chi connectivity index (χ0) is 12.0. The summed E-state index contributed by atoms with van der Waals surface area (Å²) in [6.07, 6.45) is 0. The highest BCUT2D eigenvalue weighted by Gasteiger charge is 2.09. The summed E-state index contributed by atoms with van der Waals surface area (Å²) in [7, 11) is 0. The van der Waals surface area contributed by atoms with Crippen LogP contribution in [0.25, 0.3) is 0 Å². The Kier molecular flexibility index (Phi) is 4.92. The van der Waals surface area contributed by atoms with Gasteiger partial charge in [0.1, 0.15) is 0 Å². The molecule has 0 bridgehead atoms. The zero-order valence-corrected chi connectivity index (χ0v) is 10.2. The van der Waals surface area contributed by atoms with E-state index < -0.39 is 0 Å². The lowest BCUT2D eigenvalue weighted by Gasteiger charge is -2.06. The first-order valence-corrected chi connectivity index (χ1v) is 5.54. The average Bonchev–Trinajstić information content (AvgIpc) is 2.30. The number of carbonyl (C=O) groups is 1. The summed E-state index contributed by atoms with van der Waals surface area (Å²) >= 11 is 5.06. The summed E-state index contributed by atoms with van der Waals surface area (Å²) in [5.74, 6) is -0.344. The van der Waals surface area contributed by atoms with Crippen molar-refractivity contribution in [3.63, 3.8) is 0 Å². The molecule has 1 aromatic carbocycles. The van der Waals surface area contributed by atoms with Gasteiger partial charge in [-0.15, -0.1) is 0 Å². The molecule has 86 valence electrons. The van der Waals surface area contributed by atoms with Crippen LogP contribution in [0.4, 0.5) is 0 Å². The number of carbonyl (C=O) groups excluding carboxylic acids is 1. The maximum absolute atomic E-state index is 11.5. The maximum atomic E-state index is 11.5. The van der Waals surface area contributed by atoms with E-state index in [2.05, 4.69) is 0 Å². The van der Waals surface area contributed by atoms with Gasteiger partial charge < -0.3 is 9.47 Å². The molecule has 0 fully saturated rings. The second-order valence-corrected chi connectivity index (χ2v) is 3.39. The summed E-state index contributed by atoms with van der Waals surface area (Å²) in [5, 5.41) is 0.397. The van der Waals surface area contributed by atoms with Gasteiger partial charge in [0.25, 0.3) is 0 Å². The van der Waals surface area contributed by atoms with Crippen molar-refractivity contribution in [2.75, 3.05) is 13.2 Å². The quantitative estimate of drug-likeness (QED) is 0.596. The van der Waals surface area contributed by atoms with Crippen LogP contribution in [-0.2, 0) is 9.47 Å². The number of hydrogen-bond acceptors (Lipinski definition) is 4. The first kappa shape index (κ1) is 12.6. The van der Waals surface area contributed by atoms with Crippen LogP contribution in [0.2, 0.25) is 0 Å². The van der Waals surface area contributed by atoms with Gasteiger partial charge in [0.15, 0.2) is 5.05 Å². The largest absolute Gasteiger partial charge is 0.483 e. The average molecular weight is 238 g/mol. The lowest BCUT2D eigenvalue weighted by atomic mass is 10.1. The Morgan fingerprint density at radius 3 is 2.44 bits per heavy atom. The van der Waals surface area contributed by atoms with Gasteiger partial charge in [-0.2, -0.15) is 0 Å². The zero-order valence-electron chi connectivity index (χ0n) is 9.36. The van der Waals surface area contributed by atoms with Crippen molar-refractivity contribution in [3.8, 4) is 0 Å². The molecule has 0 aliphatic carbocycles. The number of esters is 1. The van der Waals surface area contributed by atoms with Gasteiger partial charge in [0, 0.05) is 5.56 Å². The molecule has 3 nitrogen and oxygen atoms in total. The third-order valence-corrected chi connectivity index (χ3v) is 2.24. The van der Waals surface area contributed by atoms with Crippen molar-refractivity contribution < 1.29 is 14.3 Å². The first-order chi connectivity index (χ1) is 7.69. The predicted molar refractivity (Wildman–Crippen MR) is 65.7 cm³/mol. The molecule has 0 heterocycles. The molecule has 0 aliphatic heterocycles. The fourth-order valence-corrected chi connectivity index (χ4v) is 1.45. The molecule has 16 heavy (non-hydrogen) atoms. The van der Waals surface area contributed by atoms with Crippen molar-refractivity contribution in [2.45, 2.75) is 13.8 Å². The van der Waals surface area contributed by atoms with Crippen LogP contribution in [0.3, 0.4) is 0 Å². The molecule has 0 unspecified atom stereocenters. The second kappa shape index (κ2) is 6.23. The van der Waals surface area contributed by atoms with Gasteiger partial charge in [0.05, 0.1) is 18.8 Å². The minimum Gasteiger partial charge on any atom is -0.483 e. The highest BCUT2D eigenvalue weighted by Crippen LogP contribution is 2.09. The molecule has 0 saturated heterocycles. The summed E-state index contributed by atoms with van der Waals surface area (Å²) in [6, 6.07) is 6.93. The predicted octanol–water partition coefficient (Wildman–Crippen LogP) is 2.58. The van der Waals surface area contributed by atoms with E-state index in [0.29, 0.717) is 23.8 Å². The van der Waals surface area contributed by atoms with E-state index in [1.807, 2.05) is 6.92 Å². The highest BCUT2D eigenvalue weighted by molar-refractivity contribution is 7.80. The smallest absolute Gasteiger partial charge is 0.338 e. The Morgan fingerprint density at radius 2 is 1.81 bits per heavy atom. The lowest BCUT2D eigenvalue weighted by molar-refractivity contribution is 0.0526. The molecule has 0 N–H and O–H groups in total. The van der Waals surface area contributed by atoms with Crippen molar-refractivity contribution >= 4 is 23.2 Å². The topological polar surface area (TPSA) is 35.5 Å². The lowest BCUT2D eigenvalue weighted by Crippen LogP contribution is -2.08. The molecular weight excluding hydrogens is 224 g/mol. The Hall–Kier alpha value is -1.42. The van der Waals surface area contributed by atoms with E-state index in [1.54, 1.807) is 31.2 Å². The summed E-state index contributed by atoms with van der Waals surface area (Å²) in [4.78, 5) is 11.5. The number of hydrogen-bond donors (Lipinski definition) is 0. The second-order valence-electron chi connectivity index (χ2n) is 3.02. The van der Waals surface area contributed by atoms with E-state index in [9.17, 15) is 4.79 Å². The molecule has 0 saturated carbocycles. The van der Waals surface area contributed by atoms with Gasteiger partial charge in [0.2, 0.25) is 0 Å². The van der Waals surface area contributed by atoms with Crippen LogP contribution in [0.5, 0.6) is 0 Å². The van der Waals surface area contributed by atoms with Crippen LogP contribution in [0.1, 0.15) is 29.8 Å². The van der Waals surface area contributed by atoms with E-state index >= 15 is 0 Å². The van der Waals surface area contributed by atoms with Crippen molar-refractivity contribution in [3.05, 3.63) is 35.4 Å². The highest BCUT2D eigenvalue weighted by atomic mass is 32.1. The number of benzene rings is 1. The summed E-state index contributed by atoms with van der Waals surface area (Å²) in [6.45, 7) is 4.51. The van der Waals surface area contributed by atoms with Crippen LogP contribution in [0.15, 0.2) is 24.3 Å². The van der Waals surface area contributed by atoms with Gasteiger partial charge in [-0.25, -0.2) is 4.79 Å². The molecule has 1 aromatic rings. The van der Waals surface area contributed by atoms with Crippen LogP contribution >= 0.6 is 12.2 Å². The van der Waals surface area contributed by atoms with Gasteiger partial charge in [-0.05, 0) is 38.2 Å². The first-order valence-electron chi connectivity index (χ1n) is 5.13. The summed E-state index contributed by atoms with van der Waals surface area (Å²) < 4.78 is 10.1. The van der Waals surface area contributed by atoms with E-state index in [0.717, 1.165) is 5.56 Å². The third kappa shape index (κ3) is 3.31. The monoisotopic (exact) mass is 238 g/mol. The van der Waals surface area contributed by atoms with E-state index in [-0.39, 0.29) is 5.97 Å². The van der Waals surface area contributed by atoms with Crippen molar-refractivity contribution in [1.29, 1.82) is 0 Å². The van der Waals surface area contributed by atoms with Crippen molar-refractivity contribution in [1.82, 2.24) is 0 Å². The minimum atomic E-state index is -0.344. The van der Waals surface area contributed by atoms with Gasteiger partial charge in [-0.1, -0.05) is 12.1 Å². The molecule has 0 atom stereocenters. The van der Waals surface area contributed by atoms with Gasteiger partial charge >= 0.3 is 5.97 Å². The molecule has 0 radical (unpaired) electrons. The fourth-order valence-electron chi connectivity index (χ4n) is 1.20.